The zero-order valence-electron chi connectivity index (χ0n) is 40.4. The van der Waals surface area contributed by atoms with E-state index in [0.717, 1.165) is 111 Å². The van der Waals surface area contributed by atoms with Crippen LogP contribution in [0, 0.1) is 0 Å². The Morgan fingerprint density at radius 3 is 1.44 bits per heavy atom. The average Bonchev–Trinajstić information content (AvgIpc) is 4.18. The molecule has 0 N–H and O–H groups in total. The summed E-state index contributed by atoms with van der Waals surface area (Å²) >= 11 is 0. The van der Waals surface area contributed by atoms with Crippen molar-refractivity contribution >= 4 is 65.7 Å². The van der Waals surface area contributed by atoms with Crippen LogP contribution in [0.3, 0.4) is 0 Å². The Hall–Kier alpha value is -10.2. The van der Waals surface area contributed by atoms with E-state index in [4.69, 9.17) is 23.8 Å². The summed E-state index contributed by atoms with van der Waals surface area (Å²) in [4.78, 5) is 15.2. The van der Waals surface area contributed by atoms with Gasteiger partial charge in [-0.15, -0.1) is 0 Å². The maximum Gasteiger partial charge on any atom is 0.167 e. The first-order chi connectivity index (χ1) is 37.1. The van der Waals surface area contributed by atoms with Crippen LogP contribution in [0.5, 0.6) is 0 Å². The molecule has 0 aliphatic carbocycles. The summed E-state index contributed by atoms with van der Waals surface area (Å²) < 4.78 is 15.7. The molecule has 0 radical (unpaired) electrons. The smallest absolute Gasteiger partial charge is 0.167 e. The first-order valence-electron chi connectivity index (χ1n) is 25.2. The molecule has 15 rings (SSSR count). The number of aromatic nitrogens is 4. The molecule has 0 bridgehead atoms. The van der Waals surface area contributed by atoms with Crippen LogP contribution < -0.4 is 0 Å². The fraction of sp³-hybridized carbons (Fsp3) is 0. The summed E-state index contributed by atoms with van der Waals surface area (Å²) in [7, 11) is 0. The molecule has 0 saturated carbocycles. The van der Waals surface area contributed by atoms with Gasteiger partial charge in [-0.25, -0.2) is 15.0 Å². The van der Waals surface area contributed by atoms with Crippen LogP contribution in [0.1, 0.15) is 0 Å². The monoisotopic (exact) mass is 958 g/mol. The van der Waals surface area contributed by atoms with Gasteiger partial charge in [0, 0.05) is 55.2 Å². The topological polar surface area (TPSA) is 69.9 Å². The highest BCUT2D eigenvalue weighted by atomic mass is 16.3. The fourth-order valence-electron chi connectivity index (χ4n) is 11.0. The van der Waals surface area contributed by atoms with Gasteiger partial charge in [0.1, 0.15) is 22.3 Å². The van der Waals surface area contributed by atoms with Gasteiger partial charge in [0.05, 0.1) is 16.6 Å². The molecule has 0 aliphatic heterocycles. The molecule has 4 aromatic heterocycles. The molecule has 0 atom stereocenters. The highest BCUT2D eigenvalue weighted by Crippen LogP contribution is 2.41. The minimum Gasteiger partial charge on any atom is -0.456 e. The van der Waals surface area contributed by atoms with Crippen molar-refractivity contribution < 1.29 is 8.83 Å². The molecule has 11 aromatic carbocycles. The van der Waals surface area contributed by atoms with E-state index in [1.54, 1.807) is 0 Å². The highest BCUT2D eigenvalue weighted by molar-refractivity contribution is 6.12. The van der Waals surface area contributed by atoms with Crippen molar-refractivity contribution in [2.45, 2.75) is 0 Å². The second-order valence-corrected chi connectivity index (χ2v) is 19.1. The third kappa shape index (κ3) is 7.30. The number of para-hydroxylation sites is 2. The Labute approximate surface area is 431 Å². The third-order valence-electron chi connectivity index (χ3n) is 14.7. The highest BCUT2D eigenvalue weighted by Gasteiger charge is 2.20. The Balaban J connectivity index is 0.767. The molecule has 0 fully saturated rings. The molecule has 6 heteroatoms. The minimum atomic E-state index is 0.548. The number of hydrogen-bond acceptors (Lipinski definition) is 5. The van der Waals surface area contributed by atoms with Gasteiger partial charge in [0.25, 0.3) is 0 Å². The van der Waals surface area contributed by atoms with Gasteiger partial charge in [0.2, 0.25) is 0 Å². The lowest BCUT2D eigenvalue weighted by Crippen LogP contribution is -2.00. The number of benzene rings is 11. The summed E-state index contributed by atoms with van der Waals surface area (Å²) in [6.45, 7) is 0. The van der Waals surface area contributed by atoms with Crippen LogP contribution >= 0.6 is 0 Å². The van der Waals surface area contributed by atoms with Crippen molar-refractivity contribution in [1.82, 2.24) is 19.5 Å². The second-order valence-electron chi connectivity index (χ2n) is 19.1. The molecule has 0 aliphatic rings. The third-order valence-corrected chi connectivity index (χ3v) is 14.7. The average molecular weight is 959 g/mol. The summed E-state index contributed by atoms with van der Waals surface area (Å²) in [6, 6.07) is 89.4. The van der Waals surface area contributed by atoms with Crippen LogP contribution in [-0.2, 0) is 0 Å². The summed E-state index contributed by atoms with van der Waals surface area (Å²) in [6.07, 6.45) is 0. The maximum absolute atomic E-state index is 6.72. The molecule has 0 saturated heterocycles. The Morgan fingerprint density at radius 2 is 0.720 bits per heavy atom. The number of furan rings is 2. The van der Waals surface area contributed by atoms with Crippen LogP contribution in [0.4, 0.5) is 0 Å². The Kier molecular flexibility index (Phi) is 9.78. The summed E-state index contributed by atoms with van der Waals surface area (Å²) in [5.74, 6) is 1.74. The van der Waals surface area contributed by atoms with E-state index in [1.165, 1.54) is 21.9 Å². The van der Waals surface area contributed by atoms with Crippen molar-refractivity contribution in [1.29, 1.82) is 0 Å². The van der Waals surface area contributed by atoms with E-state index in [-0.39, 0.29) is 0 Å². The zero-order valence-corrected chi connectivity index (χ0v) is 40.4. The van der Waals surface area contributed by atoms with E-state index >= 15 is 0 Å². The van der Waals surface area contributed by atoms with Gasteiger partial charge < -0.3 is 13.4 Å². The lowest BCUT2D eigenvalue weighted by atomic mass is 9.97. The van der Waals surface area contributed by atoms with E-state index in [1.807, 2.05) is 42.5 Å². The van der Waals surface area contributed by atoms with Gasteiger partial charge in [-0.1, -0.05) is 182 Å². The second kappa shape index (κ2) is 17.3. The van der Waals surface area contributed by atoms with Gasteiger partial charge in [-0.2, -0.15) is 0 Å². The quantitative estimate of drug-likeness (QED) is 0.152. The van der Waals surface area contributed by atoms with Crippen LogP contribution in [0.25, 0.3) is 150 Å². The Morgan fingerprint density at radius 1 is 0.253 bits per heavy atom. The molecule has 15 aromatic rings. The molecular formula is C69H42N4O2. The fourth-order valence-corrected chi connectivity index (χ4v) is 11.0. The van der Waals surface area contributed by atoms with E-state index < -0.39 is 0 Å². The van der Waals surface area contributed by atoms with Crippen molar-refractivity contribution in [2.24, 2.45) is 0 Å². The first-order valence-corrected chi connectivity index (χ1v) is 25.2. The number of hydrogen-bond donors (Lipinski definition) is 0. The van der Waals surface area contributed by atoms with Gasteiger partial charge in [-0.05, 0) is 111 Å². The summed E-state index contributed by atoms with van der Waals surface area (Å²) in [5, 5.41) is 6.62. The normalized spacial score (nSPS) is 11.7. The SMILES string of the molecule is c1ccc(-c2ccc(-c3nc(-c4ccccc4)nc(-c4cccc5c4oc4ccc(-c6cccc(-c7ccc8oc9cc(-n%10c%11ccccc%11c%11cc(-c%12ccccc%12)ccc%11%10)ccc9c8c7)c6)cc45)n3)cc2)cc1. The number of nitrogens with zero attached hydrogens (tertiary/aromatic N) is 4. The first kappa shape index (κ1) is 42.5. The van der Waals surface area contributed by atoms with Gasteiger partial charge >= 0.3 is 0 Å². The largest absolute Gasteiger partial charge is 0.456 e. The summed E-state index contributed by atoms with van der Waals surface area (Å²) in [5.41, 5.74) is 18.4. The molecule has 0 amide bonds. The molecule has 0 spiro atoms. The predicted molar refractivity (Wildman–Crippen MR) is 307 cm³/mol. The number of rotatable bonds is 8. The molecule has 350 valence electrons. The van der Waals surface area contributed by atoms with Crippen molar-refractivity contribution in [3.8, 4) is 84.4 Å². The number of fused-ring (bicyclic) bond motifs is 9. The maximum atomic E-state index is 6.72. The van der Waals surface area contributed by atoms with Crippen LogP contribution in [-0.4, -0.2) is 19.5 Å². The van der Waals surface area contributed by atoms with E-state index in [0.29, 0.717) is 17.5 Å². The van der Waals surface area contributed by atoms with Crippen molar-refractivity contribution in [2.75, 3.05) is 0 Å². The van der Waals surface area contributed by atoms with E-state index in [2.05, 4.69) is 217 Å². The molecule has 0 unspecified atom stereocenters. The molecule has 6 nitrogen and oxygen atoms in total. The van der Waals surface area contributed by atoms with Crippen LogP contribution in [0.2, 0.25) is 0 Å². The minimum absolute atomic E-state index is 0.548. The molecule has 4 heterocycles. The molecule has 75 heavy (non-hydrogen) atoms. The van der Waals surface area contributed by atoms with Gasteiger partial charge in [-0.3, -0.25) is 0 Å². The lowest BCUT2D eigenvalue weighted by molar-refractivity contribution is 0.668. The standard InChI is InChI=1S/C69H42N4O2/c1-4-14-43(15-5-1)45-26-28-47(29-27-45)68-70-67(46-18-8-3-9-19-46)71-69(72-68)57-24-13-23-56-60-41-52(32-37-64(60)75-66(56)57)49-21-12-20-48(38-49)51-31-36-63-59(40-51)55-34-33-53(42-65(55)74-63)73-61-25-11-10-22-54(61)58-39-50(30-35-62(58)73)44-16-6-2-7-17-44/h1-42H. The van der Waals surface area contributed by atoms with Crippen molar-refractivity contribution in [3.63, 3.8) is 0 Å². The van der Waals surface area contributed by atoms with E-state index in [9.17, 15) is 0 Å². The Bertz CT molecular complexity index is 4690. The predicted octanol–water partition coefficient (Wildman–Crippen LogP) is 18.4. The molecular weight excluding hydrogens is 917 g/mol. The van der Waals surface area contributed by atoms with Crippen molar-refractivity contribution in [3.05, 3.63) is 255 Å². The van der Waals surface area contributed by atoms with Crippen LogP contribution in [0.15, 0.2) is 264 Å². The lowest BCUT2D eigenvalue weighted by Gasteiger charge is -2.09. The zero-order chi connectivity index (χ0) is 49.4. The van der Waals surface area contributed by atoms with Gasteiger partial charge in [0.15, 0.2) is 17.5 Å².